The third-order valence-corrected chi connectivity index (χ3v) is 3.42. The van der Waals surface area contributed by atoms with Crippen molar-refractivity contribution in [2.45, 2.75) is 13.8 Å². The van der Waals surface area contributed by atoms with E-state index in [9.17, 15) is 0 Å². The Hall–Kier alpha value is -1.38. The molecular weight excluding hydrogens is 267 g/mol. The van der Waals surface area contributed by atoms with Gasteiger partial charge in [-0.3, -0.25) is 0 Å². The first-order valence-electron chi connectivity index (χ1n) is 5.58. The van der Waals surface area contributed by atoms with Crippen LogP contribution in [0.5, 0.6) is 0 Å². The zero-order valence-electron chi connectivity index (χ0n) is 9.96. The Balaban J connectivity index is 2.51. The monoisotopic (exact) mass is 276 g/mol. The first-order chi connectivity index (χ1) is 8.54. The zero-order valence-corrected chi connectivity index (χ0v) is 11.5. The lowest BCUT2D eigenvalue weighted by Crippen LogP contribution is -1.91. The summed E-state index contributed by atoms with van der Waals surface area (Å²) in [6.07, 6.45) is 0. The van der Waals surface area contributed by atoms with Gasteiger partial charge in [-0.15, -0.1) is 0 Å². The van der Waals surface area contributed by atoms with E-state index < -0.39 is 0 Å². The number of aromatic nitrogens is 2. The van der Waals surface area contributed by atoms with E-state index in [2.05, 4.69) is 9.97 Å². The maximum absolute atomic E-state index is 6.21. The van der Waals surface area contributed by atoms with Crippen LogP contribution in [-0.2, 0) is 0 Å². The highest BCUT2D eigenvalue weighted by atomic mass is 35.5. The first-order valence-corrected chi connectivity index (χ1v) is 6.34. The molecule has 0 unspecified atom stereocenters. The normalized spacial score (nSPS) is 11.3. The largest absolute Gasteiger partial charge is 0.243 e. The van der Waals surface area contributed by atoms with Crippen molar-refractivity contribution in [1.82, 2.24) is 9.97 Å². The van der Waals surface area contributed by atoms with Crippen LogP contribution in [-0.4, -0.2) is 9.97 Å². The molecule has 0 radical (unpaired) electrons. The van der Waals surface area contributed by atoms with Crippen LogP contribution in [0.1, 0.15) is 11.1 Å². The summed E-state index contributed by atoms with van der Waals surface area (Å²) in [6, 6.07) is 7.71. The Kier molecular flexibility index (Phi) is 2.65. The summed E-state index contributed by atoms with van der Waals surface area (Å²) in [4.78, 5) is 9.12. The molecule has 4 heteroatoms. The van der Waals surface area contributed by atoms with Gasteiger partial charge < -0.3 is 0 Å². The van der Waals surface area contributed by atoms with Crippen molar-refractivity contribution in [2.24, 2.45) is 0 Å². The number of halogens is 2. The molecule has 1 heterocycles. The summed E-state index contributed by atoms with van der Waals surface area (Å²) in [5.41, 5.74) is 5.11. The highest BCUT2D eigenvalue weighted by Gasteiger charge is 2.09. The molecule has 0 N–H and O–H groups in total. The average Bonchev–Trinajstić information content (AvgIpc) is 2.27. The van der Waals surface area contributed by atoms with Gasteiger partial charge in [0.05, 0.1) is 21.1 Å². The van der Waals surface area contributed by atoms with Gasteiger partial charge in [0.1, 0.15) is 11.0 Å². The van der Waals surface area contributed by atoms with E-state index in [0.29, 0.717) is 10.0 Å². The van der Waals surface area contributed by atoms with Crippen molar-refractivity contribution < 1.29 is 0 Å². The molecule has 0 aliphatic heterocycles. The molecule has 0 spiro atoms. The van der Waals surface area contributed by atoms with Crippen LogP contribution in [0, 0.1) is 13.8 Å². The van der Waals surface area contributed by atoms with Crippen LogP contribution in [0.2, 0.25) is 10.0 Å². The van der Waals surface area contributed by atoms with Gasteiger partial charge in [0.25, 0.3) is 0 Å². The van der Waals surface area contributed by atoms with Crippen LogP contribution in [0.3, 0.4) is 0 Å². The van der Waals surface area contributed by atoms with Crippen LogP contribution in [0.25, 0.3) is 22.1 Å². The predicted octanol–water partition coefficient (Wildman–Crippen LogP) is 4.71. The van der Waals surface area contributed by atoms with Gasteiger partial charge in [0, 0.05) is 0 Å². The summed E-state index contributed by atoms with van der Waals surface area (Å²) >= 11 is 12.4. The molecule has 3 aromatic rings. The molecular formula is C14H10Cl2N2. The van der Waals surface area contributed by atoms with Crippen molar-refractivity contribution in [3.05, 3.63) is 45.4 Å². The lowest BCUT2D eigenvalue weighted by Gasteiger charge is -2.06. The van der Waals surface area contributed by atoms with Gasteiger partial charge in [-0.25, -0.2) is 9.97 Å². The Labute approximate surface area is 115 Å². The molecule has 90 valence electrons. The van der Waals surface area contributed by atoms with Crippen LogP contribution in [0.15, 0.2) is 24.3 Å². The van der Waals surface area contributed by atoms with Crippen molar-refractivity contribution >= 4 is 45.3 Å². The Bertz CT molecular complexity index is 714. The maximum atomic E-state index is 6.21. The molecule has 1 aromatic heterocycles. The summed E-state index contributed by atoms with van der Waals surface area (Å²) in [7, 11) is 0. The van der Waals surface area contributed by atoms with Crippen molar-refractivity contribution in [2.75, 3.05) is 0 Å². The van der Waals surface area contributed by atoms with Crippen molar-refractivity contribution in [1.29, 1.82) is 0 Å². The maximum Gasteiger partial charge on any atom is 0.108 e. The third-order valence-electron chi connectivity index (χ3n) is 2.84. The smallest absolute Gasteiger partial charge is 0.108 e. The lowest BCUT2D eigenvalue weighted by molar-refractivity contribution is 1.35. The topological polar surface area (TPSA) is 25.8 Å². The van der Waals surface area contributed by atoms with E-state index in [4.69, 9.17) is 23.2 Å². The minimum absolute atomic E-state index is 0.622. The highest BCUT2D eigenvalue weighted by molar-refractivity contribution is 6.36. The number of hydrogen-bond donors (Lipinski definition) is 0. The summed E-state index contributed by atoms with van der Waals surface area (Å²) < 4.78 is 0. The molecule has 0 atom stereocenters. The number of rotatable bonds is 0. The molecule has 0 saturated carbocycles. The Morgan fingerprint density at radius 1 is 0.722 bits per heavy atom. The number of hydrogen-bond acceptors (Lipinski definition) is 2. The molecule has 2 nitrogen and oxygen atoms in total. The van der Waals surface area contributed by atoms with E-state index in [0.717, 1.165) is 33.2 Å². The number of nitrogens with zero attached hydrogens (tertiary/aromatic N) is 2. The van der Waals surface area contributed by atoms with Crippen LogP contribution in [0.4, 0.5) is 0 Å². The summed E-state index contributed by atoms with van der Waals surface area (Å²) in [6.45, 7) is 3.96. The number of fused-ring (bicyclic) bond motifs is 2. The third kappa shape index (κ3) is 1.82. The fraction of sp³-hybridized carbons (Fsp3) is 0.143. The lowest BCUT2D eigenvalue weighted by atomic mass is 10.1. The Morgan fingerprint density at radius 2 is 1.11 bits per heavy atom. The molecule has 0 aliphatic carbocycles. The van der Waals surface area contributed by atoms with Gasteiger partial charge in [0.15, 0.2) is 0 Å². The fourth-order valence-corrected chi connectivity index (χ4v) is 2.69. The quantitative estimate of drug-likeness (QED) is 0.556. The summed E-state index contributed by atoms with van der Waals surface area (Å²) in [5, 5.41) is 1.24. The second kappa shape index (κ2) is 4.08. The second-order valence-electron chi connectivity index (χ2n) is 4.45. The molecule has 3 rings (SSSR count). The average molecular weight is 277 g/mol. The van der Waals surface area contributed by atoms with E-state index >= 15 is 0 Å². The predicted molar refractivity (Wildman–Crippen MR) is 76.5 cm³/mol. The SMILES string of the molecule is Cc1cc(Cl)c2nc3cc(C)cc(Cl)c3nc2c1. The number of benzene rings is 2. The van der Waals surface area contributed by atoms with E-state index in [1.807, 2.05) is 38.1 Å². The standard InChI is InChI=1S/C14H10Cl2N2/c1-7-3-9(15)13-11(5-7)17-14-10(16)4-8(2)6-12(14)18-13/h3-6H,1-2H3. The van der Waals surface area contributed by atoms with E-state index in [1.54, 1.807) is 0 Å². The van der Waals surface area contributed by atoms with Gasteiger partial charge in [-0.2, -0.15) is 0 Å². The van der Waals surface area contributed by atoms with E-state index in [-0.39, 0.29) is 0 Å². The fourth-order valence-electron chi connectivity index (χ4n) is 2.07. The molecule has 2 aromatic carbocycles. The van der Waals surface area contributed by atoms with Crippen molar-refractivity contribution in [3.63, 3.8) is 0 Å². The van der Waals surface area contributed by atoms with E-state index in [1.165, 1.54) is 0 Å². The molecule has 18 heavy (non-hydrogen) atoms. The van der Waals surface area contributed by atoms with Gasteiger partial charge >= 0.3 is 0 Å². The molecule has 0 amide bonds. The zero-order chi connectivity index (χ0) is 12.9. The van der Waals surface area contributed by atoms with Crippen LogP contribution >= 0.6 is 23.2 Å². The minimum Gasteiger partial charge on any atom is -0.243 e. The molecule has 0 fully saturated rings. The molecule has 0 saturated heterocycles. The number of aryl methyl sites for hydroxylation is 2. The van der Waals surface area contributed by atoms with Gasteiger partial charge in [-0.05, 0) is 49.2 Å². The molecule has 0 aliphatic rings. The highest BCUT2D eigenvalue weighted by Crippen LogP contribution is 2.28. The van der Waals surface area contributed by atoms with Gasteiger partial charge in [0.2, 0.25) is 0 Å². The van der Waals surface area contributed by atoms with Gasteiger partial charge in [-0.1, -0.05) is 23.2 Å². The summed E-state index contributed by atoms with van der Waals surface area (Å²) in [5.74, 6) is 0. The van der Waals surface area contributed by atoms with Crippen molar-refractivity contribution in [3.8, 4) is 0 Å². The van der Waals surface area contributed by atoms with Crippen LogP contribution < -0.4 is 0 Å². The second-order valence-corrected chi connectivity index (χ2v) is 5.27. The Morgan fingerprint density at radius 3 is 1.50 bits per heavy atom. The molecule has 0 bridgehead atoms. The minimum atomic E-state index is 0.622. The first kappa shape index (κ1) is 11.7.